The van der Waals surface area contributed by atoms with E-state index in [4.69, 9.17) is 0 Å². The third-order valence-corrected chi connectivity index (χ3v) is 18.7. The van der Waals surface area contributed by atoms with Gasteiger partial charge in [0.15, 0.2) is 0 Å². The maximum absolute atomic E-state index is 2.75. The van der Waals surface area contributed by atoms with E-state index in [9.17, 15) is 0 Å². The minimum Gasteiger partial charge on any atom is -0.311 e. The smallest absolute Gasteiger partial charge is 0.252 e. The molecule has 0 aromatic heterocycles. The Morgan fingerprint density at radius 3 is 1.39 bits per heavy atom. The van der Waals surface area contributed by atoms with Crippen molar-refractivity contribution in [2.45, 2.75) is 200 Å². The fourth-order valence-electron chi connectivity index (χ4n) is 14.2. The Labute approximate surface area is 423 Å². The average Bonchev–Trinajstić information content (AvgIpc) is 3.46. The Balaban J connectivity index is 1.32. The van der Waals surface area contributed by atoms with Gasteiger partial charge in [-0.3, -0.25) is 0 Å². The largest absolute Gasteiger partial charge is 0.311 e. The quantitative estimate of drug-likeness (QED) is 0.163. The van der Waals surface area contributed by atoms with Gasteiger partial charge in [-0.2, -0.15) is 0 Å². The minimum atomic E-state index is -0.120. The number of anilines is 6. The average molecular weight is 925 g/mol. The Kier molecular flexibility index (Phi) is 10.0. The Bertz CT molecular complexity index is 3160. The third kappa shape index (κ3) is 7.07. The van der Waals surface area contributed by atoms with Gasteiger partial charge in [0.2, 0.25) is 0 Å². The first-order chi connectivity index (χ1) is 32.4. The van der Waals surface area contributed by atoms with Crippen molar-refractivity contribution in [3.63, 3.8) is 0 Å². The summed E-state index contributed by atoms with van der Waals surface area (Å²) in [6.07, 6.45) is 5.87. The van der Waals surface area contributed by atoms with Gasteiger partial charge in [-0.15, -0.1) is 0 Å². The Morgan fingerprint density at radius 1 is 0.386 bits per heavy atom. The van der Waals surface area contributed by atoms with E-state index in [0.717, 1.165) is 6.42 Å². The molecule has 0 radical (unpaired) electrons. The van der Waals surface area contributed by atoms with Crippen LogP contribution in [0.5, 0.6) is 0 Å². The van der Waals surface area contributed by atoms with Crippen LogP contribution in [0, 0.1) is 0 Å². The molecule has 70 heavy (non-hydrogen) atoms. The first-order valence-electron chi connectivity index (χ1n) is 26.9. The van der Waals surface area contributed by atoms with Crippen LogP contribution in [0.15, 0.2) is 103 Å². The van der Waals surface area contributed by atoms with Crippen molar-refractivity contribution in [3.8, 4) is 11.1 Å². The molecule has 0 saturated heterocycles. The Hall–Kier alpha value is -5.02. The van der Waals surface area contributed by atoms with Gasteiger partial charge in [-0.05, 0) is 190 Å². The second-order valence-corrected chi connectivity index (χ2v) is 28.8. The molecule has 11 rings (SSSR count). The maximum Gasteiger partial charge on any atom is 0.252 e. The molecule has 2 nitrogen and oxygen atoms in total. The van der Waals surface area contributed by atoms with Gasteiger partial charge in [0.05, 0.1) is 5.69 Å². The molecule has 0 amide bonds. The lowest BCUT2D eigenvalue weighted by Crippen LogP contribution is -2.62. The molecule has 2 heterocycles. The molecule has 362 valence electrons. The van der Waals surface area contributed by atoms with Crippen LogP contribution in [0.2, 0.25) is 0 Å². The highest BCUT2D eigenvalue weighted by Crippen LogP contribution is 2.56. The first kappa shape index (κ1) is 47.3. The lowest BCUT2D eigenvalue weighted by molar-refractivity contribution is 0.332. The summed E-state index contributed by atoms with van der Waals surface area (Å²) < 4.78 is 0. The number of hydrogen-bond donors (Lipinski definition) is 0. The SMILES string of the molecule is CC(C)(C)c1ccc(N2c3cc4c(cc3B3c5cc6c(cc5N(c5ccc7c(c5)C(C)(C)CCC7(C)C)c5cc(C(C)(C)C)cc2c53)C(C)(C)CCC6(C)C)C(C)(C)CC4(C)C)c(-c2ccccc2)c1. The zero-order valence-electron chi connectivity index (χ0n) is 46.3. The second-order valence-electron chi connectivity index (χ2n) is 28.8. The van der Waals surface area contributed by atoms with Crippen LogP contribution in [0.1, 0.15) is 201 Å². The molecule has 2 aliphatic heterocycles. The molecule has 0 saturated carbocycles. The summed E-state index contributed by atoms with van der Waals surface area (Å²) in [5, 5.41) is 0. The van der Waals surface area contributed by atoms with Gasteiger partial charge in [0.25, 0.3) is 6.71 Å². The van der Waals surface area contributed by atoms with Crippen LogP contribution in [0.4, 0.5) is 34.1 Å². The lowest BCUT2D eigenvalue weighted by Gasteiger charge is -2.48. The van der Waals surface area contributed by atoms with Gasteiger partial charge in [-0.1, -0.05) is 179 Å². The summed E-state index contributed by atoms with van der Waals surface area (Å²) >= 11 is 0. The van der Waals surface area contributed by atoms with E-state index in [0.29, 0.717) is 0 Å². The van der Waals surface area contributed by atoms with E-state index >= 15 is 0 Å². The number of fused-ring (bicyclic) bond motifs is 7. The van der Waals surface area contributed by atoms with Crippen molar-refractivity contribution >= 4 is 57.2 Å². The zero-order chi connectivity index (χ0) is 50.3. The minimum absolute atomic E-state index is 0.0148. The van der Waals surface area contributed by atoms with Crippen molar-refractivity contribution in [3.05, 3.63) is 148 Å². The van der Waals surface area contributed by atoms with Crippen LogP contribution in [0.3, 0.4) is 0 Å². The molecule has 6 aromatic carbocycles. The van der Waals surface area contributed by atoms with E-state index in [1.165, 1.54) is 132 Å². The number of hydrogen-bond acceptors (Lipinski definition) is 2. The highest BCUT2D eigenvalue weighted by Gasteiger charge is 2.50. The van der Waals surface area contributed by atoms with Crippen LogP contribution in [-0.2, 0) is 43.3 Å². The topological polar surface area (TPSA) is 6.48 Å². The van der Waals surface area contributed by atoms with Gasteiger partial charge < -0.3 is 9.80 Å². The fourth-order valence-corrected chi connectivity index (χ4v) is 14.2. The van der Waals surface area contributed by atoms with Gasteiger partial charge in [0.1, 0.15) is 0 Å². The van der Waals surface area contributed by atoms with E-state index in [-0.39, 0.29) is 50.0 Å². The van der Waals surface area contributed by atoms with Crippen molar-refractivity contribution in [2.75, 3.05) is 9.80 Å². The standard InChI is InChI=1S/C67H81BN2/c1-60(2,3)42-24-27-54(45(32-42)41-22-20-19-21-23-41)70-56-39-51-49(66(15,16)40-67(51,17)18)37-53(56)68-52-36-48-50(65(13,14)31-30-64(48,11)12)38-55(52)69(57-33-43(61(4,5)6)34-58(70)59(57)68)44-25-26-46-47(35-44)63(9,10)29-28-62(46,7)8/h19-27,32-39H,28-31,40H2,1-18H3. The molecule has 0 N–H and O–H groups in total. The van der Waals surface area contributed by atoms with Crippen LogP contribution in [-0.4, -0.2) is 6.71 Å². The molecule has 3 aliphatic carbocycles. The first-order valence-corrected chi connectivity index (χ1v) is 26.9. The fraction of sp³-hybridized carbons (Fsp3) is 0.463. The molecule has 0 unspecified atom stereocenters. The van der Waals surface area contributed by atoms with E-state index in [2.05, 4.69) is 238 Å². The molecule has 0 bridgehead atoms. The van der Waals surface area contributed by atoms with E-state index < -0.39 is 0 Å². The van der Waals surface area contributed by atoms with Crippen LogP contribution in [0.25, 0.3) is 11.1 Å². The van der Waals surface area contributed by atoms with E-state index in [1.54, 1.807) is 0 Å². The lowest BCUT2D eigenvalue weighted by atomic mass is 9.32. The zero-order valence-corrected chi connectivity index (χ0v) is 46.3. The molecule has 3 heteroatoms. The number of nitrogens with zero attached hydrogens (tertiary/aromatic N) is 2. The second kappa shape index (κ2) is 14.8. The van der Waals surface area contributed by atoms with Gasteiger partial charge in [0, 0.05) is 34.0 Å². The summed E-state index contributed by atoms with van der Waals surface area (Å²) in [5.41, 5.74) is 26.7. The molecule has 0 atom stereocenters. The van der Waals surface area contributed by atoms with Crippen molar-refractivity contribution in [1.82, 2.24) is 0 Å². The maximum atomic E-state index is 2.75. The highest BCUT2D eigenvalue weighted by atomic mass is 15.2. The van der Waals surface area contributed by atoms with Gasteiger partial charge >= 0.3 is 0 Å². The number of benzene rings is 6. The van der Waals surface area contributed by atoms with Crippen molar-refractivity contribution in [1.29, 1.82) is 0 Å². The number of rotatable bonds is 3. The van der Waals surface area contributed by atoms with Gasteiger partial charge in [-0.25, -0.2) is 0 Å². The summed E-state index contributed by atoms with van der Waals surface area (Å²) in [6, 6.07) is 42.3. The molecule has 0 spiro atoms. The molecular formula is C67H81BN2. The molecular weight excluding hydrogens is 844 g/mol. The monoisotopic (exact) mass is 925 g/mol. The summed E-state index contributed by atoms with van der Waals surface area (Å²) in [6.45, 7) is 44.2. The molecule has 5 aliphatic rings. The van der Waals surface area contributed by atoms with Crippen LogP contribution < -0.4 is 26.2 Å². The van der Waals surface area contributed by atoms with Crippen molar-refractivity contribution in [2.24, 2.45) is 0 Å². The predicted molar refractivity (Wildman–Crippen MR) is 305 cm³/mol. The molecule has 6 aromatic rings. The van der Waals surface area contributed by atoms with Crippen LogP contribution >= 0.6 is 0 Å². The highest BCUT2D eigenvalue weighted by molar-refractivity contribution is 7.00. The third-order valence-electron chi connectivity index (χ3n) is 18.7. The summed E-state index contributed by atoms with van der Waals surface area (Å²) in [7, 11) is 0. The summed E-state index contributed by atoms with van der Waals surface area (Å²) in [4.78, 5) is 5.49. The van der Waals surface area contributed by atoms with Crippen molar-refractivity contribution < 1.29 is 0 Å². The Morgan fingerprint density at radius 2 is 0.843 bits per heavy atom. The molecule has 0 fully saturated rings. The predicted octanol–water partition coefficient (Wildman–Crippen LogP) is 16.7. The normalized spacial score (nSPS) is 20.5. The van der Waals surface area contributed by atoms with E-state index in [1.807, 2.05) is 0 Å². The summed E-state index contributed by atoms with van der Waals surface area (Å²) in [5.74, 6) is 0.